The van der Waals surface area contributed by atoms with Crippen molar-refractivity contribution in [2.75, 3.05) is 11.4 Å². The van der Waals surface area contributed by atoms with E-state index in [1.54, 1.807) is 6.20 Å². The number of halogens is 1. The maximum Gasteiger partial charge on any atom is 0.234 e. The van der Waals surface area contributed by atoms with Crippen molar-refractivity contribution >= 4 is 11.7 Å². The Morgan fingerprint density at radius 2 is 1.67 bits per heavy atom. The first-order valence-corrected chi connectivity index (χ1v) is 15.6. The van der Waals surface area contributed by atoms with E-state index in [4.69, 9.17) is 14.5 Å². The van der Waals surface area contributed by atoms with E-state index in [-0.39, 0.29) is 22.2 Å². The summed E-state index contributed by atoms with van der Waals surface area (Å²) in [5, 5.41) is 4.45. The SMILES string of the molecule is CC(C)(C)c1nc(C23CCC(CN(C(=O)C45CC(F)(C4)C5)c4cc(-c5cnc(C6CC6)nc5)ccn4)(CC2)CC3)no1. The van der Waals surface area contributed by atoms with Crippen molar-refractivity contribution in [3.8, 4) is 11.1 Å². The quantitative estimate of drug-likeness (QED) is 0.315. The van der Waals surface area contributed by atoms with E-state index in [0.717, 1.165) is 74.1 Å². The standard InChI is InChI=1S/C33H39FN6O2/c1-29(2,3)27-38-26(39-42-27)31-10-7-30(8-11-31,9-12-31)20-40(28(41)32-17-33(34,18-32)19-32)24-14-22(6-13-35-24)23-15-36-25(37-16-23)21-4-5-21/h6,13-16,21H,4-5,7-12,17-20H2,1-3H3. The van der Waals surface area contributed by atoms with Crippen molar-refractivity contribution in [1.82, 2.24) is 25.1 Å². The van der Waals surface area contributed by atoms with E-state index in [0.29, 0.717) is 43.4 Å². The van der Waals surface area contributed by atoms with E-state index in [2.05, 4.69) is 35.9 Å². The summed E-state index contributed by atoms with van der Waals surface area (Å²) in [4.78, 5) is 34.9. The number of anilines is 1. The molecule has 3 aromatic heterocycles. The first-order valence-electron chi connectivity index (χ1n) is 15.6. The first-order chi connectivity index (χ1) is 20.0. The van der Waals surface area contributed by atoms with Crippen molar-refractivity contribution in [3.05, 3.63) is 48.3 Å². The van der Waals surface area contributed by atoms with Gasteiger partial charge in [-0.3, -0.25) is 9.69 Å². The highest BCUT2D eigenvalue weighted by molar-refractivity contribution is 6.00. The number of carbonyl (C=O) groups is 1. The molecule has 0 saturated heterocycles. The van der Waals surface area contributed by atoms with Crippen LogP contribution in [0.5, 0.6) is 0 Å². The summed E-state index contributed by atoms with van der Waals surface area (Å²) in [5.41, 5.74) is -0.0874. The number of aromatic nitrogens is 5. The molecule has 7 aliphatic rings. The van der Waals surface area contributed by atoms with Gasteiger partial charge in [0.1, 0.15) is 17.3 Å². The molecule has 3 aromatic rings. The van der Waals surface area contributed by atoms with E-state index in [1.165, 1.54) is 0 Å². The number of amides is 1. The highest BCUT2D eigenvalue weighted by atomic mass is 19.1. The Morgan fingerprint density at radius 3 is 2.24 bits per heavy atom. The molecule has 9 heteroatoms. The van der Waals surface area contributed by atoms with Crippen molar-refractivity contribution in [2.24, 2.45) is 10.8 Å². The van der Waals surface area contributed by atoms with Crippen LogP contribution >= 0.6 is 0 Å². The summed E-state index contributed by atoms with van der Waals surface area (Å²) in [7, 11) is 0. The van der Waals surface area contributed by atoms with Crippen LogP contribution < -0.4 is 4.90 Å². The minimum atomic E-state index is -1.14. The lowest BCUT2D eigenvalue weighted by atomic mass is 9.41. The molecule has 0 atom stereocenters. The van der Waals surface area contributed by atoms with Crippen molar-refractivity contribution < 1.29 is 13.7 Å². The number of carbonyl (C=O) groups excluding carboxylic acids is 1. The van der Waals surface area contributed by atoms with E-state index in [1.807, 2.05) is 29.4 Å². The largest absolute Gasteiger partial charge is 0.339 e. The molecule has 7 fully saturated rings. The maximum absolute atomic E-state index is 14.6. The molecule has 7 aliphatic carbocycles. The molecule has 0 unspecified atom stereocenters. The van der Waals surface area contributed by atoms with Gasteiger partial charge in [0.05, 0.1) is 5.41 Å². The van der Waals surface area contributed by atoms with Gasteiger partial charge >= 0.3 is 0 Å². The molecule has 0 radical (unpaired) electrons. The van der Waals surface area contributed by atoms with E-state index >= 15 is 0 Å². The number of pyridine rings is 1. The van der Waals surface area contributed by atoms with Gasteiger partial charge in [0, 0.05) is 47.4 Å². The molecular formula is C33H39FN6O2. The second-order valence-corrected chi connectivity index (χ2v) is 15.3. The van der Waals surface area contributed by atoms with E-state index in [9.17, 15) is 9.18 Å². The zero-order chi connectivity index (χ0) is 29.0. The van der Waals surface area contributed by atoms with Crippen molar-refractivity contribution in [2.45, 2.75) is 114 Å². The van der Waals surface area contributed by atoms with Crippen LogP contribution in [0.4, 0.5) is 10.2 Å². The van der Waals surface area contributed by atoms with Gasteiger partial charge in [-0.25, -0.2) is 19.3 Å². The van der Waals surface area contributed by atoms with Gasteiger partial charge in [-0.05, 0) is 93.7 Å². The lowest BCUT2D eigenvalue weighted by Crippen LogP contribution is -2.71. The van der Waals surface area contributed by atoms with Crippen LogP contribution in [0, 0.1) is 10.8 Å². The number of hydrogen-bond acceptors (Lipinski definition) is 7. The third kappa shape index (κ3) is 4.13. The van der Waals surface area contributed by atoms with Gasteiger partial charge in [0.15, 0.2) is 5.82 Å². The summed E-state index contributed by atoms with van der Waals surface area (Å²) in [6, 6.07) is 3.94. The Morgan fingerprint density at radius 1 is 1.00 bits per heavy atom. The molecule has 1 amide bonds. The maximum atomic E-state index is 14.6. The lowest BCUT2D eigenvalue weighted by molar-refractivity contribution is -0.211. The van der Waals surface area contributed by atoms with Gasteiger partial charge in [-0.1, -0.05) is 25.9 Å². The van der Waals surface area contributed by atoms with Crippen LogP contribution in [0.1, 0.15) is 115 Å². The second kappa shape index (κ2) is 8.66. The summed E-state index contributed by atoms with van der Waals surface area (Å²) in [5.74, 6) is 3.63. The summed E-state index contributed by atoms with van der Waals surface area (Å²) < 4.78 is 20.3. The third-order valence-corrected chi connectivity index (χ3v) is 11.1. The Bertz CT molecular complexity index is 1510. The topological polar surface area (TPSA) is 97.9 Å². The molecule has 4 bridgehead atoms. The lowest BCUT2D eigenvalue weighted by Gasteiger charge is -2.65. The number of fused-ring (bicyclic) bond motifs is 3. The van der Waals surface area contributed by atoms with E-state index < -0.39 is 11.1 Å². The minimum absolute atomic E-state index is 0.00233. The number of nitrogens with zero attached hydrogens (tertiary/aromatic N) is 6. The Balaban J connectivity index is 1.06. The smallest absolute Gasteiger partial charge is 0.234 e. The van der Waals surface area contributed by atoms with Crippen molar-refractivity contribution in [1.29, 1.82) is 0 Å². The average molecular weight is 571 g/mol. The Kier molecular flexibility index (Phi) is 5.45. The monoisotopic (exact) mass is 570 g/mol. The molecule has 7 saturated carbocycles. The fourth-order valence-corrected chi connectivity index (χ4v) is 8.13. The van der Waals surface area contributed by atoms with Crippen LogP contribution in [-0.4, -0.2) is 43.2 Å². The second-order valence-electron chi connectivity index (χ2n) is 15.3. The third-order valence-electron chi connectivity index (χ3n) is 11.1. The van der Waals surface area contributed by atoms with Crippen LogP contribution in [0.3, 0.4) is 0 Å². The van der Waals surface area contributed by atoms with Crippen LogP contribution in [-0.2, 0) is 15.6 Å². The Hall–Kier alpha value is -3.23. The molecule has 8 nitrogen and oxygen atoms in total. The van der Waals surface area contributed by atoms with Crippen LogP contribution in [0.15, 0.2) is 35.2 Å². The summed E-state index contributed by atoms with van der Waals surface area (Å²) >= 11 is 0. The molecule has 42 heavy (non-hydrogen) atoms. The summed E-state index contributed by atoms with van der Waals surface area (Å²) in [6.07, 6.45) is 14.8. The fraction of sp³-hybridized carbons (Fsp3) is 0.636. The van der Waals surface area contributed by atoms with Crippen LogP contribution in [0.25, 0.3) is 11.1 Å². The number of alkyl halides is 1. The average Bonchev–Trinajstić information content (AvgIpc) is 3.68. The van der Waals surface area contributed by atoms with Gasteiger partial charge in [0.2, 0.25) is 11.8 Å². The predicted molar refractivity (Wildman–Crippen MR) is 155 cm³/mol. The first kappa shape index (κ1) is 26.4. The van der Waals surface area contributed by atoms with Gasteiger partial charge in [-0.15, -0.1) is 0 Å². The molecule has 220 valence electrons. The number of hydrogen-bond donors (Lipinski definition) is 0. The van der Waals surface area contributed by atoms with Gasteiger partial charge in [0.25, 0.3) is 0 Å². The van der Waals surface area contributed by atoms with Crippen molar-refractivity contribution in [3.63, 3.8) is 0 Å². The molecule has 0 aliphatic heterocycles. The predicted octanol–water partition coefficient (Wildman–Crippen LogP) is 6.61. The van der Waals surface area contributed by atoms with Crippen LogP contribution in [0.2, 0.25) is 0 Å². The minimum Gasteiger partial charge on any atom is -0.339 e. The molecular weight excluding hydrogens is 531 g/mol. The molecule has 0 aromatic carbocycles. The molecule has 10 rings (SSSR count). The Labute approximate surface area is 245 Å². The molecule has 3 heterocycles. The molecule has 0 N–H and O–H groups in total. The zero-order valence-corrected chi connectivity index (χ0v) is 24.8. The normalized spacial score (nSPS) is 33.1. The highest BCUT2D eigenvalue weighted by Gasteiger charge is 2.73. The summed E-state index contributed by atoms with van der Waals surface area (Å²) in [6.45, 7) is 6.89. The van der Waals surface area contributed by atoms with Gasteiger partial charge < -0.3 is 4.52 Å². The number of rotatable bonds is 7. The fourth-order valence-electron chi connectivity index (χ4n) is 8.13. The molecule has 0 spiro atoms. The zero-order valence-electron chi connectivity index (χ0n) is 24.8. The van der Waals surface area contributed by atoms with Gasteiger partial charge in [-0.2, -0.15) is 4.98 Å². The highest BCUT2D eigenvalue weighted by Crippen LogP contribution is 2.70.